The normalized spacial score (nSPS) is 10.4. The fourth-order valence-corrected chi connectivity index (χ4v) is 1.84. The summed E-state index contributed by atoms with van der Waals surface area (Å²) in [5.41, 5.74) is 1.21. The Morgan fingerprint density at radius 2 is 1.61 bits per heavy atom. The van der Waals surface area contributed by atoms with Crippen LogP contribution >= 0.6 is 0 Å². The zero-order valence-corrected chi connectivity index (χ0v) is 11.0. The quantitative estimate of drug-likeness (QED) is 0.779. The highest BCUT2D eigenvalue weighted by molar-refractivity contribution is 5.41. The second kappa shape index (κ2) is 5.58. The van der Waals surface area contributed by atoms with Crippen LogP contribution < -0.4 is 9.47 Å². The Morgan fingerprint density at radius 1 is 0.889 bits per heavy atom. The van der Waals surface area contributed by atoms with Gasteiger partial charge in [0.25, 0.3) is 0 Å². The molecule has 0 N–H and O–H groups in total. The van der Waals surface area contributed by atoms with Crippen molar-refractivity contribution in [2.24, 2.45) is 0 Å². The van der Waals surface area contributed by atoms with E-state index in [4.69, 9.17) is 9.47 Å². The molecule has 0 saturated carbocycles. The first-order valence-corrected chi connectivity index (χ1v) is 6.11. The Bertz CT molecular complexity index is 518. The van der Waals surface area contributed by atoms with Crippen LogP contribution in [0.1, 0.15) is 25.3 Å². The lowest BCUT2D eigenvalue weighted by Gasteiger charge is -2.13. The van der Waals surface area contributed by atoms with Gasteiger partial charge in [-0.05, 0) is 29.7 Å². The summed E-state index contributed by atoms with van der Waals surface area (Å²) < 4.78 is 11.1. The van der Waals surface area contributed by atoms with Crippen molar-refractivity contribution in [3.05, 3.63) is 54.1 Å². The fraction of sp³-hybridized carbons (Fsp3) is 0.250. The molecule has 0 unspecified atom stereocenters. The molecule has 0 saturated heterocycles. The van der Waals surface area contributed by atoms with Crippen LogP contribution in [-0.2, 0) is 0 Å². The molecule has 2 heteroatoms. The van der Waals surface area contributed by atoms with Crippen LogP contribution in [0.2, 0.25) is 0 Å². The van der Waals surface area contributed by atoms with Gasteiger partial charge in [-0.25, -0.2) is 0 Å². The van der Waals surface area contributed by atoms with E-state index in [9.17, 15) is 0 Å². The van der Waals surface area contributed by atoms with E-state index in [0.717, 1.165) is 17.2 Å². The van der Waals surface area contributed by atoms with E-state index in [1.54, 1.807) is 7.11 Å². The van der Waals surface area contributed by atoms with Crippen molar-refractivity contribution in [3.63, 3.8) is 0 Å². The number of para-hydroxylation sites is 1. The highest BCUT2D eigenvalue weighted by Crippen LogP contribution is 2.31. The van der Waals surface area contributed by atoms with Crippen molar-refractivity contribution in [3.8, 4) is 17.2 Å². The van der Waals surface area contributed by atoms with E-state index < -0.39 is 0 Å². The number of methoxy groups -OCH3 is 1. The van der Waals surface area contributed by atoms with Gasteiger partial charge < -0.3 is 9.47 Å². The molecule has 0 amide bonds. The summed E-state index contributed by atoms with van der Waals surface area (Å²) in [6.45, 7) is 4.32. The van der Waals surface area contributed by atoms with Gasteiger partial charge in [-0.15, -0.1) is 0 Å². The van der Waals surface area contributed by atoms with Crippen LogP contribution in [-0.4, -0.2) is 7.11 Å². The van der Waals surface area contributed by atoms with Gasteiger partial charge in [0, 0.05) is 6.07 Å². The smallest absolute Gasteiger partial charge is 0.131 e. The number of hydrogen-bond donors (Lipinski definition) is 0. The summed E-state index contributed by atoms with van der Waals surface area (Å²) in [4.78, 5) is 0. The Kier molecular flexibility index (Phi) is 3.88. The highest BCUT2D eigenvalue weighted by Gasteiger charge is 2.08. The van der Waals surface area contributed by atoms with Crippen molar-refractivity contribution in [1.29, 1.82) is 0 Å². The van der Waals surface area contributed by atoms with Crippen LogP contribution in [0.5, 0.6) is 17.2 Å². The maximum atomic E-state index is 5.93. The molecule has 0 aromatic heterocycles. The SMILES string of the molecule is COc1cccc(Oc2ccccc2C(C)C)c1. The van der Waals surface area contributed by atoms with Gasteiger partial charge in [0.1, 0.15) is 17.2 Å². The highest BCUT2D eigenvalue weighted by atomic mass is 16.5. The third-order valence-electron chi connectivity index (χ3n) is 2.81. The molecule has 2 aromatic carbocycles. The van der Waals surface area contributed by atoms with E-state index in [2.05, 4.69) is 19.9 Å². The van der Waals surface area contributed by atoms with E-state index >= 15 is 0 Å². The molecular weight excluding hydrogens is 224 g/mol. The molecule has 2 nitrogen and oxygen atoms in total. The molecule has 2 aromatic rings. The minimum Gasteiger partial charge on any atom is -0.497 e. The van der Waals surface area contributed by atoms with Crippen molar-refractivity contribution >= 4 is 0 Å². The first-order valence-electron chi connectivity index (χ1n) is 6.11. The summed E-state index contributed by atoms with van der Waals surface area (Å²) in [6, 6.07) is 15.8. The average Bonchev–Trinajstić information content (AvgIpc) is 2.39. The van der Waals surface area contributed by atoms with Gasteiger partial charge in [0.05, 0.1) is 7.11 Å². The molecule has 0 radical (unpaired) electrons. The van der Waals surface area contributed by atoms with Crippen LogP contribution in [0, 0.1) is 0 Å². The summed E-state index contributed by atoms with van der Waals surface area (Å²) in [6.07, 6.45) is 0. The zero-order valence-electron chi connectivity index (χ0n) is 11.0. The predicted molar refractivity (Wildman–Crippen MR) is 73.6 cm³/mol. The zero-order chi connectivity index (χ0) is 13.0. The Balaban J connectivity index is 2.28. The lowest BCUT2D eigenvalue weighted by molar-refractivity contribution is 0.408. The molecule has 0 bridgehead atoms. The summed E-state index contributed by atoms with van der Waals surface area (Å²) in [5, 5.41) is 0. The lowest BCUT2D eigenvalue weighted by atomic mass is 10.0. The Morgan fingerprint density at radius 3 is 2.33 bits per heavy atom. The molecule has 0 fully saturated rings. The molecule has 0 aliphatic heterocycles. The lowest BCUT2D eigenvalue weighted by Crippen LogP contribution is -1.93. The summed E-state index contributed by atoms with van der Waals surface area (Å²) in [7, 11) is 1.65. The van der Waals surface area contributed by atoms with Gasteiger partial charge in [0.2, 0.25) is 0 Å². The van der Waals surface area contributed by atoms with Crippen molar-refractivity contribution in [2.45, 2.75) is 19.8 Å². The van der Waals surface area contributed by atoms with Crippen molar-refractivity contribution in [1.82, 2.24) is 0 Å². The third-order valence-corrected chi connectivity index (χ3v) is 2.81. The molecule has 0 heterocycles. The molecule has 2 rings (SSSR count). The second-order valence-corrected chi connectivity index (χ2v) is 4.47. The second-order valence-electron chi connectivity index (χ2n) is 4.47. The van der Waals surface area contributed by atoms with Gasteiger partial charge >= 0.3 is 0 Å². The molecular formula is C16H18O2. The van der Waals surface area contributed by atoms with Gasteiger partial charge in [-0.1, -0.05) is 38.1 Å². The van der Waals surface area contributed by atoms with Gasteiger partial charge in [-0.3, -0.25) is 0 Å². The maximum Gasteiger partial charge on any atom is 0.131 e. The summed E-state index contributed by atoms with van der Waals surface area (Å²) >= 11 is 0. The number of ether oxygens (including phenoxy) is 2. The monoisotopic (exact) mass is 242 g/mol. The van der Waals surface area contributed by atoms with E-state index in [-0.39, 0.29) is 0 Å². The average molecular weight is 242 g/mol. The molecule has 0 aliphatic rings. The van der Waals surface area contributed by atoms with Gasteiger partial charge in [-0.2, -0.15) is 0 Å². The number of rotatable bonds is 4. The Labute approximate surface area is 108 Å². The fourth-order valence-electron chi connectivity index (χ4n) is 1.84. The van der Waals surface area contributed by atoms with Crippen LogP contribution in [0.25, 0.3) is 0 Å². The first kappa shape index (κ1) is 12.5. The molecule has 0 spiro atoms. The maximum absolute atomic E-state index is 5.93. The minimum absolute atomic E-state index is 0.437. The number of benzene rings is 2. The van der Waals surface area contributed by atoms with Gasteiger partial charge in [0.15, 0.2) is 0 Å². The third kappa shape index (κ3) is 2.83. The van der Waals surface area contributed by atoms with E-state index in [1.807, 2.05) is 42.5 Å². The summed E-state index contributed by atoms with van der Waals surface area (Å²) in [5.74, 6) is 2.93. The van der Waals surface area contributed by atoms with Crippen LogP contribution in [0.15, 0.2) is 48.5 Å². The first-order chi connectivity index (χ1) is 8.70. The van der Waals surface area contributed by atoms with Crippen molar-refractivity contribution in [2.75, 3.05) is 7.11 Å². The van der Waals surface area contributed by atoms with Crippen molar-refractivity contribution < 1.29 is 9.47 Å². The largest absolute Gasteiger partial charge is 0.497 e. The molecule has 18 heavy (non-hydrogen) atoms. The van der Waals surface area contributed by atoms with Crippen LogP contribution in [0.4, 0.5) is 0 Å². The topological polar surface area (TPSA) is 18.5 Å². The van der Waals surface area contributed by atoms with E-state index in [1.165, 1.54) is 5.56 Å². The molecule has 0 aliphatic carbocycles. The molecule has 0 atom stereocenters. The number of hydrogen-bond acceptors (Lipinski definition) is 2. The Hall–Kier alpha value is -1.96. The minimum atomic E-state index is 0.437. The predicted octanol–water partition coefficient (Wildman–Crippen LogP) is 4.61. The molecule has 94 valence electrons. The van der Waals surface area contributed by atoms with Crippen LogP contribution in [0.3, 0.4) is 0 Å². The standard InChI is InChI=1S/C16H18O2/c1-12(2)15-9-4-5-10-16(15)18-14-8-6-7-13(11-14)17-3/h4-12H,1-3H3. The van der Waals surface area contributed by atoms with E-state index in [0.29, 0.717) is 5.92 Å².